The zero-order chi connectivity index (χ0) is 11.4. The molecule has 1 aromatic heterocycles. The Labute approximate surface area is 90.5 Å². The Morgan fingerprint density at radius 2 is 2.20 bits per heavy atom. The van der Waals surface area contributed by atoms with Crippen LogP contribution >= 0.6 is 11.5 Å². The van der Waals surface area contributed by atoms with E-state index in [1.54, 1.807) is 14.0 Å². The third-order valence-electron chi connectivity index (χ3n) is 1.67. The van der Waals surface area contributed by atoms with Gasteiger partial charge in [-0.3, -0.25) is 4.79 Å². The molecule has 0 aliphatic carbocycles. The molecular formula is C8H11N3O3S. The zero-order valence-electron chi connectivity index (χ0n) is 8.33. The largest absolute Gasteiger partial charge is 0.478 e. The van der Waals surface area contributed by atoms with Crippen molar-refractivity contribution in [2.45, 2.75) is 6.92 Å². The molecular weight excluding hydrogens is 218 g/mol. The van der Waals surface area contributed by atoms with Crippen LogP contribution in [0.5, 0.6) is 0 Å². The van der Waals surface area contributed by atoms with Crippen molar-refractivity contribution in [2.75, 3.05) is 18.9 Å². The lowest BCUT2D eigenvalue weighted by molar-refractivity contribution is -0.115. The molecule has 0 atom stereocenters. The quantitative estimate of drug-likeness (QED) is 0.691. The number of hydrogen-bond acceptors (Lipinski definition) is 5. The monoisotopic (exact) mass is 229 g/mol. The van der Waals surface area contributed by atoms with E-state index in [0.717, 1.165) is 11.5 Å². The summed E-state index contributed by atoms with van der Waals surface area (Å²) in [7, 11) is 1.63. The van der Waals surface area contributed by atoms with E-state index in [-0.39, 0.29) is 23.0 Å². The van der Waals surface area contributed by atoms with E-state index in [2.05, 4.69) is 15.0 Å². The number of aromatic nitrogens is 1. The van der Waals surface area contributed by atoms with Crippen LogP contribution in [0.25, 0.3) is 0 Å². The number of amides is 1. The zero-order valence-corrected chi connectivity index (χ0v) is 9.14. The summed E-state index contributed by atoms with van der Waals surface area (Å²) < 4.78 is 3.88. The normalized spacial score (nSPS) is 10.0. The first-order valence-corrected chi connectivity index (χ1v) is 4.97. The number of aryl methyl sites for hydroxylation is 1. The van der Waals surface area contributed by atoms with Gasteiger partial charge in [0.1, 0.15) is 10.6 Å². The maximum Gasteiger partial charge on any atom is 0.340 e. The van der Waals surface area contributed by atoms with Crippen molar-refractivity contribution in [1.82, 2.24) is 9.69 Å². The Bertz CT molecular complexity index is 388. The first-order chi connectivity index (χ1) is 7.06. The van der Waals surface area contributed by atoms with E-state index in [1.807, 2.05) is 0 Å². The molecule has 0 saturated carbocycles. The van der Waals surface area contributed by atoms with Crippen LogP contribution in [-0.4, -0.2) is 34.9 Å². The highest BCUT2D eigenvalue weighted by Gasteiger charge is 2.18. The minimum absolute atomic E-state index is 0.0597. The number of carbonyl (C=O) groups is 2. The molecule has 3 N–H and O–H groups in total. The van der Waals surface area contributed by atoms with E-state index in [4.69, 9.17) is 5.11 Å². The summed E-state index contributed by atoms with van der Waals surface area (Å²) in [5.41, 5.74) is 0.469. The number of hydrogen-bond donors (Lipinski definition) is 3. The number of rotatable bonds is 4. The van der Waals surface area contributed by atoms with Crippen molar-refractivity contribution < 1.29 is 14.7 Å². The standard InChI is InChI=1S/C8H11N3O3S/c1-4-6(8(13)14)7(15-11-4)10-5(12)3-9-2/h9H,3H2,1-2H3,(H,10,12)(H,13,14). The SMILES string of the molecule is CNCC(=O)Nc1snc(C)c1C(=O)O. The first-order valence-electron chi connectivity index (χ1n) is 4.20. The van der Waals surface area contributed by atoms with Gasteiger partial charge in [0.05, 0.1) is 12.2 Å². The fourth-order valence-electron chi connectivity index (χ4n) is 1.04. The minimum Gasteiger partial charge on any atom is -0.478 e. The molecule has 0 aromatic carbocycles. The molecule has 0 radical (unpaired) electrons. The van der Waals surface area contributed by atoms with Crippen LogP contribution in [0.4, 0.5) is 5.00 Å². The van der Waals surface area contributed by atoms with Gasteiger partial charge in [0, 0.05) is 0 Å². The second kappa shape index (κ2) is 4.85. The predicted octanol–water partition coefficient (Wildman–Crippen LogP) is 0.308. The fraction of sp³-hybridized carbons (Fsp3) is 0.375. The van der Waals surface area contributed by atoms with Crippen molar-refractivity contribution in [1.29, 1.82) is 0 Å². The molecule has 1 amide bonds. The lowest BCUT2D eigenvalue weighted by Gasteiger charge is -2.02. The van der Waals surface area contributed by atoms with E-state index in [9.17, 15) is 9.59 Å². The molecule has 1 heterocycles. The van der Waals surface area contributed by atoms with Crippen LogP contribution in [0.15, 0.2) is 0 Å². The van der Waals surface area contributed by atoms with Crippen molar-refractivity contribution in [2.24, 2.45) is 0 Å². The summed E-state index contributed by atoms with van der Waals surface area (Å²) in [5, 5.41) is 14.3. The smallest absolute Gasteiger partial charge is 0.340 e. The summed E-state index contributed by atoms with van der Waals surface area (Å²) in [6.45, 7) is 1.73. The predicted molar refractivity (Wildman–Crippen MR) is 56.4 cm³/mol. The molecule has 6 nitrogen and oxygen atoms in total. The third-order valence-corrected chi connectivity index (χ3v) is 2.52. The highest BCUT2D eigenvalue weighted by atomic mass is 32.1. The average molecular weight is 229 g/mol. The van der Waals surface area contributed by atoms with Gasteiger partial charge in [-0.25, -0.2) is 4.79 Å². The number of likely N-dealkylation sites (N-methyl/N-ethyl adjacent to an activating group) is 1. The van der Waals surface area contributed by atoms with Gasteiger partial charge >= 0.3 is 5.97 Å². The number of carboxylic acid groups (broad SMARTS) is 1. The van der Waals surface area contributed by atoms with Crippen LogP contribution < -0.4 is 10.6 Å². The average Bonchev–Trinajstić information content (AvgIpc) is 2.47. The van der Waals surface area contributed by atoms with Gasteiger partial charge in [-0.2, -0.15) is 4.37 Å². The highest BCUT2D eigenvalue weighted by Crippen LogP contribution is 2.23. The van der Waals surface area contributed by atoms with Gasteiger partial charge in [-0.15, -0.1) is 0 Å². The van der Waals surface area contributed by atoms with Crippen molar-refractivity contribution in [3.8, 4) is 0 Å². The number of aromatic carboxylic acids is 1. The molecule has 0 aliphatic rings. The number of carboxylic acids is 1. The van der Waals surface area contributed by atoms with Crippen LogP contribution in [0.3, 0.4) is 0 Å². The van der Waals surface area contributed by atoms with Crippen molar-refractivity contribution in [3.05, 3.63) is 11.3 Å². The molecule has 0 aliphatic heterocycles. The second-order valence-electron chi connectivity index (χ2n) is 2.86. The maximum absolute atomic E-state index is 11.2. The van der Waals surface area contributed by atoms with Gasteiger partial charge in [0.15, 0.2) is 0 Å². The Morgan fingerprint density at radius 3 is 2.73 bits per heavy atom. The molecule has 1 rings (SSSR count). The molecule has 82 valence electrons. The Hall–Kier alpha value is -1.47. The Balaban J connectivity index is 2.86. The Kier molecular flexibility index (Phi) is 3.75. The van der Waals surface area contributed by atoms with E-state index >= 15 is 0 Å². The van der Waals surface area contributed by atoms with E-state index in [0.29, 0.717) is 5.69 Å². The van der Waals surface area contributed by atoms with Crippen LogP contribution in [0.1, 0.15) is 16.1 Å². The summed E-state index contributed by atoms with van der Waals surface area (Å²) in [4.78, 5) is 22.1. The molecule has 0 fully saturated rings. The summed E-state index contributed by atoms with van der Waals surface area (Å²) in [6, 6.07) is 0. The molecule has 7 heteroatoms. The summed E-state index contributed by atoms with van der Waals surface area (Å²) in [6.07, 6.45) is 0. The molecule has 0 spiro atoms. The summed E-state index contributed by atoms with van der Waals surface area (Å²) in [5.74, 6) is -1.37. The lowest BCUT2D eigenvalue weighted by Crippen LogP contribution is -2.25. The van der Waals surface area contributed by atoms with Crippen LogP contribution in [-0.2, 0) is 4.79 Å². The third kappa shape index (κ3) is 2.74. The van der Waals surface area contributed by atoms with Gasteiger partial charge in [0.2, 0.25) is 5.91 Å². The molecule has 0 unspecified atom stereocenters. The summed E-state index contributed by atoms with van der Waals surface area (Å²) >= 11 is 0.968. The first kappa shape index (κ1) is 11.6. The number of nitrogens with one attached hydrogen (secondary N) is 2. The Morgan fingerprint density at radius 1 is 1.53 bits per heavy atom. The molecule has 1 aromatic rings. The van der Waals surface area contributed by atoms with E-state index < -0.39 is 5.97 Å². The van der Waals surface area contributed by atoms with Crippen molar-refractivity contribution in [3.63, 3.8) is 0 Å². The minimum atomic E-state index is -1.08. The number of nitrogens with zero attached hydrogens (tertiary/aromatic N) is 1. The molecule has 0 saturated heterocycles. The molecule has 0 bridgehead atoms. The highest BCUT2D eigenvalue weighted by molar-refractivity contribution is 7.11. The van der Waals surface area contributed by atoms with Gasteiger partial charge in [0.25, 0.3) is 0 Å². The second-order valence-corrected chi connectivity index (χ2v) is 3.63. The van der Waals surface area contributed by atoms with Crippen LogP contribution in [0, 0.1) is 6.92 Å². The number of carbonyl (C=O) groups excluding carboxylic acids is 1. The van der Waals surface area contributed by atoms with E-state index in [1.165, 1.54) is 0 Å². The number of anilines is 1. The molecule has 15 heavy (non-hydrogen) atoms. The van der Waals surface area contributed by atoms with Crippen LogP contribution in [0.2, 0.25) is 0 Å². The van der Waals surface area contributed by atoms with Gasteiger partial charge in [-0.05, 0) is 25.5 Å². The van der Waals surface area contributed by atoms with Gasteiger partial charge < -0.3 is 15.7 Å². The topological polar surface area (TPSA) is 91.3 Å². The maximum atomic E-state index is 11.2. The lowest BCUT2D eigenvalue weighted by atomic mass is 10.2. The van der Waals surface area contributed by atoms with Gasteiger partial charge in [-0.1, -0.05) is 0 Å². The van der Waals surface area contributed by atoms with Crippen molar-refractivity contribution >= 4 is 28.4 Å². The fourth-order valence-corrected chi connectivity index (χ4v) is 1.84.